The van der Waals surface area contributed by atoms with Crippen molar-refractivity contribution in [2.24, 2.45) is 17.8 Å². The highest BCUT2D eigenvalue weighted by atomic mass is 16.5. The van der Waals surface area contributed by atoms with E-state index in [2.05, 4.69) is 19.2 Å². The van der Waals surface area contributed by atoms with E-state index in [9.17, 15) is 9.59 Å². The molecule has 0 saturated carbocycles. The molecule has 2 atom stereocenters. The second kappa shape index (κ2) is 8.74. The van der Waals surface area contributed by atoms with Crippen molar-refractivity contribution in [2.45, 2.75) is 33.1 Å². The smallest absolute Gasteiger partial charge is 0.307 e. The first-order valence-electron chi connectivity index (χ1n) is 7.25. The van der Waals surface area contributed by atoms with Crippen LogP contribution < -0.4 is 5.32 Å². The standard InChI is InChI=1S/C15H25NO4/c1-11(2)7-9-20-10-8-16-14(17)12-5-3-4-6-13(12)15(18)19/h3-4,11-13H,5-10H2,1-2H3,(H,16,17)(H,18,19)/t12-,13+/m1/s1. The molecule has 0 bridgehead atoms. The van der Waals surface area contributed by atoms with Gasteiger partial charge in [-0.3, -0.25) is 9.59 Å². The molecular formula is C15H25NO4. The number of hydrogen-bond donors (Lipinski definition) is 2. The Bertz CT molecular complexity index is 352. The maximum absolute atomic E-state index is 12.0. The predicted molar refractivity (Wildman–Crippen MR) is 76.3 cm³/mol. The van der Waals surface area contributed by atoms with Crippen LogP contribution in [0.2, 0.25) is 0 Å². The molecule has 1 aliphatic carbocycles. The number of carbonyl (C=O) groups excluding carboxylic acids is 1. The topological polar surface area (TPSA) is 75.6 Å². The summed E-state index contributed by atoms with van der Waals surface area (Å²) in [5, 5.41) is 11.9. The lowest BCUT2D eigenvalue weighted by Crippen LogP contribution is -2.40. The first-order valence-corrected chi connectivity index (χ1v) is 7.25. The third kappa shape index (κ3) is 5.74. The van der Waals surface area contributed by atoms with Crippen molar-refractivity contribution in [3.8, 4) is 0 Å². The van der Waals surface area contributed by atoms with Gasteiger partial charge in [0.2, 0.25) is 5.91 Å². The molecule has 1 amide bonds. The van der Waals surface area contributed by atoms with Crippen molar-refractivity contribution >= 4 is 11.9 Å². The van der Waals surface area contributed by atoms with Crippen LogP contribution in [0.15, 0.2) is 12.2 Å². The number of carboxylic acids is 1. The summed E-state index contributed by atoms with van der Waals surface area (Å²) >= 11 is 0. The molecule has 2 N–H and O–H groups in total. The highest BCUT2D eigenvalue weighted by Crippen LogP contribution is 2.25. The lowest BCUT2D eigenvalue weighted by molar-refractivity contribution is -0.147. The van der Waals surface area contributed by atoms with E-state index in [0.717, 1.165) is 6.42 Å². The minimum atomic E-state index is -0.900. The van der Waals surface area contributed by atoms with Crippen molar-refractivity contribution in [1.82, 2.24) is 5.32 Å². The predicted octanol–water partition coefficient (Wildman–Crippen LogP) is 1.83. The summed E-state index contributed by atoms with van der Waals surface area (Å²) in [4.78, 5) is 23.1. The van der Waals surface area contributed by atoms with E-state index in [-0.39, 0.29) is 5.91 Å². The van der Waals surface area contributed by atoms with Gasteiger partial charge in [0.25, 0.3) is 0 Å². The van der Waals surface area contributed by atoms with Crippen LogP contribution in [0.4, 0.5) is 0 Å². The SMILES string of the molecule is CC(C)CCOCCNC(=O)[C@@H]1CC=CC[C@@H]1C(=O)O. The van der Waals surface area contributed by atoms with Crippen molar-refractivity contribution < 1.29 is 19.4 Å². The van der Waals surface area contributed by atoms with Crippen molar-refractivity contribution in [2.75, 3.05) is 19.8 Å². The monoisotopic (exact) mass is 283 g/mol. The van der Waals surface area contributed by atoms with Gasteiger partial charge in [-0.05, 0) is 25.2 Å². The molecule has 1 aliphatic rings. The summed E-state index contributed by atoms with van der Waals surface area (Å²) in [6.07, 6.45) is 5.64. The maximum Gasteiger partial charge on any atom is 0.307 e. The van der Waals surface area contributed by atoms with Gasteiger partial charge in [-0.1, -0.05) is 26.0 Å². The summed E-state index contributed by atoms with van der Waals surface area (Å²) in [7, 11) is 0. The Labute approximate surface area is 120 Å². The van der Waals surface area contributed by atoms with Crippen LogP contribution in [-0.4, -0.2) is 36.7 Å². The van der Waals surface area contributed by atoms with Gasteiger partial charge in [0.05, 0.1) is 18.4 Å². The molecule has 114 valence electrons. The number of allylic oxidation sites excluding steroid dienone is 2. The summed E-state index contributed by atoms with van der Waals surface area (Å²) < 4.78 is 5.41. The molecule has 0 unspecified atom stereocenters. The first-order chi connectivity index (χ1) is 9.52. The van der Waals surface area contributed by atoms with E-state index in [4.69, 9.17) is 9.84 Å². The zero-order valence-electron chi connectivity index (χ0n) is 12.3. The van der Waals surface area contributed by atoms with Crippen molar-refractivity contribution in [3.63, 3.8) is 0 Å². The third-order valence-electron chi connectivity index (χ3n) is 3.47. The average molecular weight is 283 g/mol. The van der Waals surface area contributed by atoms with E-state index in [0.29, 0.717) is 38.5 Å². The minimum Gasteiger partial charge on any atom is -0.481 e. The number of amides is 1. The number of carbonyl (C=O) groups is 2. The Balaban J connectivity index is 2.24. The Hall–Kier alpha value is -1.36. The van der Waals surface area contributed by atoms with Gasteiger partial charge in [0.1, 0.15) is 0 Å². The van der Waals surface area contributed by atoms with Crippen LogP contribution in [0, 0.1) is 17.8 Å². The van der Waals surface area contributed by atoms with Crippen molar-refractivity contribution in [3.05, 3.63) is 12.2 Å². The third-order valence-corrected chi connectivity index (χ3v) is 3.47. The minimum absolute atomic E-state index is 0.186. The zero-order chi connectivity index (χ0) is 15.0. The Kier molecular flexibility index (Phi) is 7.30. The van der Waals surface area contributed by atoms with Crippen LogP contribution in [-0.2, 0) is 14.3 Å². The number of aliphatic carboxylic acids is 1. The molecule has 0 fully saturated rings. The van der Waals surface area contributed by atoms with E-state index < -0.39 is 17.8 Å². The quantitative estimate of drug-likeness (QED) is 0.526. The molecule has 20 heavy (non-hydrogen) atoms. The fourth-order valence-electron chi connectivity index (χ4n) is 2.18. The number of carboxylic acid groups (broad SMARTS) is 1. The molecule has 0 radical (unpaired) electrons. The van der Waals surface area contributed by atoms with Gasteiger partial charge in [-0.25, -0.2) is 0 Å². The molecule has 0 aromatic rings. The van der Waals surface area contributed by atoms with Crippen LogP contribution >= 0.6 is 0 Å². The van der Waals surface area contributed by atoms with Crippen LogP contribution in [0.25, 0.3) is 0 Å². The first kappa shape index (κ1) is 16.7. The number of ether oxygens (including phenoxy) is 1. The van der Waals surface area contributed by atoms with E-state index in [1.807, 2.05) is 12.2 Å². The molecule has 0 saturated heterocycles. The van der Waals surface area contributed by atoms with Gasteiger partial charge in [0.15, 0.2) is 0 Å². The van der Waals surface area contributed by atoms with Gasteiger partial charge >= 0.3 is 5.97 Å². The number of hydrogen-bond acceptors (Lipinski definition) is 3. The molecule has 0 aromatic carbocycles. The van der Waals surface area contributed by atoms with Crippen LogP contribution in [0.5, 0.6) is 0 Å². The highest BCUT2D eigenvalue weighted by molar-refractivity contribution is 5.85. The van der Waals surface area contributed by atoms with E-state index in [1.165, 1.54) is 0 Å². The maximum atomic E-state index is 12.0. The van der Waals surface area contributed by atoms with Gasteiger partial charge < -0.3 is 15.2 Å². The van der Waals surface area contributed by atoms with Gasteiger partial charge in [-0.15, -0.1) is 0 Å². The van der Waals surface area contributed by atoms with E-state index in [1.54, 1.807) is 0 Å². The summed E-state index contributed by atoms with van der Waals surface area (Å²) in [5.74, 6) is -1.55. The molecule has 0 heterocycles. The highest BCUT2D eigenvalue weighted by Gasteiger charge is 2.33. The van der Waals surface area contributed by atoms with Gasteiger partial charge in [0, 0.05) is 13.2 Å². The zero-order valence-corrected chi connectivity index (χ0v) is 12.3. The Morgan fingerprint density at radius 1 is 1.25 bits per heavy atom. The largest absolute Gasteiger partial charge is 0.481 e. The molecule has 1 rings (SSSR count). The van der Waals surface area contributed by atoms with Crippen LogP contribution in [0.3, 0.4) is 0 Å². The molecule has 5 heteroatoms. The number of rotatable bonds is 8. The normalized spacial score (nSPS) is 21.9. The second-order valence-corrected chi connectivity index (χ2v) is 5.58. The fourth-order valence-corrected chi connectivity index (χ4v) is 2.18. The average Bonchev–Trinajstić information content (AvgIpc) is 2.42. The summed E-state index contributed by atoms with van der Waals surface area (Å²) in [6, 6.07) is 0. The lowest BCUT2D eigenvalue weighted by Gasteiger charge is -2.24. The lowest BCUT2D eigenvalue weighted by atomic mass is 9.82. The molecule has 5 nitrogen and oxygen atoms in total. The Morgan fingerprint density at radius 3 is 2.50 bits per heavy atom. The second-order valence-electron chi connectivity index (χ2n) is 5.58. The molecule has 0 aliphatic heterocycles. The van der Waals surface area contributed by atoms with Crippen LogP contribution in [0.1, 0.15) is 33.1 Å². The molecule has 0 spiro atoms. The number of nitrogens with one attached hydrogen (secondary N) is 1. The summed E-state index contributed by atoms with van der Waals surface area (Å²) in [6.45, 7) is 5.86. The fraction of sp³-hybridized carbons (Fsp3) is 0.733. The Morgan fingerprint density at radius 2 is 1.90 bits per heavy atom. The van der Waals surface area contributed by atoms with E-state index >= 15 is 0 Å². The molecule has 0 aromatic heterocycles. The van der Waals surface area contributed by atoms with Gasteiger partial charge in [-0.2, -0.15) is 0 Å². The summed E-state index contributed by atoms with van der Waals surface area (Å²) in [5.41, 5.74) is 0. The van der Waals surface area contributed by atoms with Crippen molar-refractivity contribution in [1.29, 1.82) is 0 Å². The molecular weight excluding hydrogens is 258 g/mol.